The number of halogens is 1. The first-order chi connectivity index (χ1) is 9.51. The van der Waals surface area contributed by atoms with Crippen molar-refractivity contribution in [3.8, 4) is 0 Å². The molecule has 118 valence electrons. The summed E-state index contributed by atoms with van der Waals surface area (Å²) in [5, 5.41) is 11.1. The SMILES string of the molecule is CNCCC(=O)Nc1ccc(NC(=O)NC(C)C)cc1.Cl. The highest BCUT2D eigenvalue weighted by atomic mass is 35.5. The third-order valence-corrected chi connectivity index (χ3v) is 2.45. The first kappa shape index (κ1) is 19.2. The molecule has 0 fully saturated rings. The summed E-state index contributed by atoms with van der Waals surface area (Å²) in [6.45, 7) is 4.42. The van der Waals surface area contributed by atoms with Gasteiger partial charge < -0.3 is 21.3 Å². The number of amides is 3. The van der Waals surface area contributed by atoms with Crippen LogP contribution in [0.1, 0.15) is 20.3 Å². The molecule has 1 aromatic carbocycles. The van der Waals surface area contributed by atoms with Crippen LogP contribution in [0.4, 0.5) is 16.2 Å². The van der Waals surface area contributed by atoms with Crippen molar-refractivity contribution in [3.05, 3.63) is 24.3 Å². The highest BCUT2D eigenvalue weighted by Gasteiger charge is 2.04. The summed E-state index contributed by atoms with van der Waals surface area (Å²) in [5.41, 5.74) is 1.39. The fourth-order valence-electron chi connectivity index (χ4n) is 1.53. The quantitative estimate of drug-likeness (QED) is 0.649. The first-order valence-electron chi connectivity index (χ1n) is 6.63. The Morgan fingerprint density at radius 1 is 1.05 bits per heavy atom. The van der Waals surface area contributed by atoms with Gasteiger partial charge in [-0.3, -0.25) is 4.79 Å². The van der Waals surface area contributed by atoms with Gasteiger partial charge in [0.25, 0.3) is 0 Å². The maximum atomic E-state index is 11.5. The van der Waals surface area contributed by atoms with Gasteiger partial charge in [0.1, 0.15) is 0 Å². The second kappa shape index (κ2) is 10.0. The fourth-order valence-corrected chi connectivity index (χ4v) is 1.53. The minimum Gasteiger partial charge on any atom is -0.336 e. The first-order valence-corrected chi connectivity index (χ1v) is 6.63. The number of carbonyl (C=O) groups excluding carboxylic acids is 2. The van der Waals surface area contributed by atoms with Gasteiger partial charge in [-0.05, 0) is 45.2 Å². The van der Waals surface area contributed by atoms with E-state index >= 15 is 0 Å². The van der Waals surface area contributed by atoms with Crippen LogP contribution in [0.3, 0.4) is 0 Å². The van der Waals surface area contributed by atoms with Crippen LogP contribution in [0.5, 0.6) is 0 Å². The zero-order valence-corrected chi connectivity index (χ0v) is 13.3. The van der Waals surface area contributed by atoms with Gasteiger partial charge in [-0.25, -0.2) is 4.79 Å². The third-order valence-electron chi connectivity index (χ3n) is 2.45. The molecule has 0 unspecified atom stereocenters. The van der Waals surface area contributed by atoms with Crippen molar-refractivity contribution in [2.75, 3.05) is 24.2 Å². The van der Waals surface area contributed by atoms with Gasteiger partial charge in [-0.15, -0.1) is 12.4 Å². The summed E-state index contributed by atoms with van der Waals surface area (Å²) >= 11 is 0. The lowest BCUT2D eigenvalue weighted by Gasteiger charge is -2.11. The van der Waals surface area contributed by atoms with Gasteiger partial charge in [0, 0.05) is 30.4 Å². The van der Waals surface area contributed by atoms with Gasteiger partial charge >= 0.3 is 6.03 Å². The standard InChI is InChI=1S/C14H22N4O2.ClH/c1-10(2)16-14(20)18-12-6-4-11(5-7-12)17-13(19)8-9-15-3;/h4-7,10,15H,8-9H2,1-3H3,(H,17,19)(H2,16,18,20);1H. The fraction of sp³-hybridized carbons (Fsp3) is 0.429. The number of carbonyl (C=O) groups is 2. The van der Waals surface area contributed by atoms with Gasteiger partial charge in [0.15, 0.2) is 0 Å². The predicted octanol–water partition coefficient (Wildman–Crippen LogP) is 2.19. The lowest BCUT2D eigenvalue weighted by Crippen LogP contribution is -2.34. The minimum atomic E-state index is -0.245. The van der Waals surface area contributed by atoms with Crippen molar-refractivity contribution in [2.45, 2.75) is 26.3 Å². The van der Waals surface area contributed by atoms with Crippen LogP contribution in [0.15, 0.2) is 24.3 Å². The van der Waals surface area contributed by atoms with Crippen LogP contribution in [0, 0.1) is 0 Å². The summed E-state index contributed by atoms with van der Waals surface area (Å²) in [6, 6.07) is 6.83. The summed E-state index contributed by atoms with van der Waals surface area (Å²) in [6.07, 6.45) is 0.424. The molecule has 0 radical (unpaired) electrons. The van der Waals surface area contributed by atoms with E-state index in [1.807, 2.05) is 13.8 Å². The molecule has 0 aromatic heterocycles. The maximum absolute atomic E-state index is 11.5. The van der Waals surface area contributed by atoms with E-state index in [0.717, 1.165) is 0 Å². The maximum Gasteiger partial charge on any atom is 0.319 e. The highest BCUT2D eigenvalue weighted by molar-refractivity contribution is 5.92. The monoisotopic (exact) mass is 314 g/mol. The molecule has 4 N–H and O–H groups in total. The molecule has 0 bridgehead atoms. The van der Waals surface area contributed by atoms with E-state index < -0.39 is 0 Å². The van der Waals surface area contributed by atoms with Gasteiger partial charge in [-0.2, -0.15) is 0 Å². The average Bonchev–Trinajstić information content (AvgIpc) is 2.37. The van der Waals surface area contributed by atoms with Gasteiger partial charge in [-0.1, -0.05) is 0 Å². The highest BCUT2D eigenvalue weighted by Crippen LogP contribution is 2.13. The topological polar surface area (TPSA) is 82.3 Å². The Kier molecular flexibility index (Phi) is 9.16. The molecule has 0 aliphatic carbocycles. The van der Waals surface area contributed by atoms with E-state index in [1.165, 1.54) is 0 Å². The summed E-state index contributed by atoms with van der Waals surface area (Å²) in [5.74, 6) is -0.0439. The van der Waals surface area contributed by atoms with E-state index in [9.17, 15) is 9.59 Å². The summed E-state index contributed by atoms with van der Waals surface area (Å²) in [4.78, 5) is 23.0. The number of benzene rings is 1. The largest absolute Gasteiger partial charge is 0.336 e. The molecular formula is C14H23ClN4O2. The smallest absolute Gasteiger partial charge is 0.319 e. The third kappa shape index (κ3) is 8.16. The van der Waals surface area contributed by atoms with Crippen molar-refractivity contribution in [2.24, 2.45) is 0 Å². The zero-order chi connectivity index (χ0) is 15.0. The molecule has 21 heavy (non-hydrogen) atoms. The molecule has 0 aliphatic rings. The molecule has 0 saturated heterocycles. The van der Waals surface area contributed by atoms with Crippen molar-refractivity contribution in [1.82, 2.24) is 10.6 Å². The summed E-state index contributed by atoms with van der Waals surface area (Å²) < 4.78 is 0. The van der Waals surface area contributed by atoms with Gasteiger partial charge in [0.05, 0.1) is 0 Å². The molecule has 7 heteroatoms. The van der Waals surface area contributed by atoms with E-state index in [4.69, 9.17) is 0 Å². The molecule has 6 nitrogen and oxygen atoms in total. The van der Waals surface area contributed by atoms with Crippen LogP contribution in [0.2, 0.25) is 0 Å². The summed E-state index contributed by atoms with van der Waals surface area (Å²) in [7, 11) is 1.80. The van der Waals surface area contributed by atoms with Crippen molar-refractivity contribution >= 4 is 35.7 Å². The van der Waals surface area contributed by atoms with Crippen LogP contribution in [-0.4, -0.2) is 31.6 Å². The van der Waals surface area contributed by atoms with E-state index in [0.29, 0.717) is 24.3 Å². The Bertz CT molecular complexity index is 449. The van der Waals surface area contributed by atoms with E-state index in [2.05, 4.69) is 21.3 Å². The molecule has 0 aliphatic heterocycles. The van der Waals surface area contributed by atoms with Crippen LogP contribution in [-0.2, 0) is 4.79 Å². The minimum absolute atomic E-state index is 0. The number of nitrogens with one attached hydrogen (secondary N) is 4. The molecule has 0 atom stereocenters. The normalized spacial score (nSPS) is 9.71. The Balaban J connectivity index is 0.00000400. The number of hydrogen-bond acceptors (Lipinski definition) is 3. The molecule has 0 saturated carbocycles. The Labute approximate surface area is 131 Å². The second-order valence-corrected chi connectivity index (χ2v) is 4.73. The van der Waals surface area contributed by atoms with E-state index in [1.54, 1.807) is 31.3 Å². The lowest BCUT2D eigenvalue weighted by atomic mass is 10.2. The predicted molar refractivity (Wildman–Crippen MR) is 88.2 cm³/mol. The van der Waals surface area contributed by atoms with Gasteiger partial charge in [0.2, 0.25) is 5.91 Å². The van der Waals surface area contributed by atoms with Crippen LogP contribution in [0.25, 0.3) is 0 Å². The van der Waals surface area contributed by atoms with Crippen LogP contribution >= 0.6 is 12.4 Å². The van der Waals surface area contributed by atoms with Crippen molar-refractivity contribution in [3.63, 3.8) is 0 Å². The average molecular weight is 315 g/mol. The molecule has 3 amide bonds. The van der Waals surface area contributed by atoms with Crippen LogP contribution < -0.4 is 21.3 Å². The number of hydrogen-bond donors (Lipinski definition) is 4. The Morgan fingerprint density at radius 2 is 1.57 bits per heavy atom. The molecule has 0 spiro atoms. The second-order valence-electron chi connectivity index (χ2n) is 4.73. The van der Waals surface area contributed by atoms with E-state index in [-0.39, 0.29) is 30.4 Å². The molecule has 1 rings (SSSR count). The Morgan fingerprint density at radius 3 is 2.05 bits per heavy atom. The molecule has 1 aromatic rings. The number of urea groups is 1. The zero-order valence-electron chi connectivity index (χ0n) is 12.5. The molecular weight excluding hydrogens is 292 g/mol. The number of rotatable bonds is 6. The van der Waals surface area contributed by atoms with Crippen molar-refractivity contribution < 1.29 is 9.59 Å². The molecule has 0 heterocycles. The Hall–Kier alpha value is -1.79. The number of anilines is 2. The van der Waals surface area contributed by atoms with Crippen molar-refractivity contribution in [1.29, 1.82) is 0 Å². The lowest BCUT2D eigenvalue weighted by molar-refractivity contribution is -0.116.